The molecule has 1 fully saturated rings. The first-order valence-electron chi connectivity index (χ1n) is 9.06. The number of hydrogen-bond acceptors (Lipinski definition) is 6. The summed E-state index contributed by atoms with van der Waals surface area (Å²) in [7, 11) is 0. The second-order valence-corrected chi connectivity index (χ2v) is 7.13. The molecule has 0 aliphatic carbocycles. The number of nitrogens with one attached hydrogen (secondary N) is 2. The molecule has 2 atom stereocenters. The number of halogens is 1. The zero-order valence-corrected chi connectivity index (χ0v) is 14.9. The second kappa shape index (κ2) is 6.75. The van der Waals surface area contributed by atoms with Crippen LogP contribution in [0.25, 0.3) is 11.5 Å². The first-order chi connectivity index (χ1) is 12.5. The van der Waals surface area contributed by atoms with E-state index in [1.807, 2.05) is 6.92 Å². The van der Waals surface area contributed by atoms with Crippen LogP contribution < -0.4 is 20.7 Å². The molecular formula is C18H23FN4O3. The lowest BCUT2D eigenvalue weighted by Gasteiger charge is -2.43. The SMILES string of the molecule is CC(C1CCNCC1)N1C[C@H](C)Oc2c(F)cc(-c3n[nH]c(=O)o3)cc21. The summed E-state index contributed by atoms with van der Waals surface area (Å²) in [6, 6.07) is 3.34. The first kappa shape index (κ1) is 17.1. The van der Waals surface area contributed by atoms with Crippen molar-refractivity contribution in [1.82, 2.24) is 15.5 Å². The molecule has 26 heavy (non-hydrogen) atoms. The molecule has 2 aromatic rings. The molecular weight excluding hydrogens is 339 g/mol. The molecule has 140 valence electrons. The molecule has 1 aromatic heterocycles. The number of benzene rings is 1. The van der Waals surface area contributed by atoms with E-state index in [-0.39, 0.29) is 23.8 Å². The van der Waals surface area contributed by atoms with E-state index in [0.29, 0.717) is 23.7 Å². The maximum atomic E-state index is 14.8. The normalized spacial score (nSPS) is 22.0. The topological polar surface area (TPSA) is 83.4 Å². The third-order valence-electron chi connectivity index (χ3n) is 5.35. The van der Waals surface area contributed by atoms with Gasteiger partial charge in [0.2, 0.25) is 5.89 Å². The Morgan fingerprint density at radius 1 is 1.35 bits per heavy atom. The van der Waals surface area contributed by atoms with Gasteiger partial charge < -0.3 is 19.4 Å². The molecule has 2 aliphatic rings. The summed E-state index contributed by atoms with van der Waals surface area (Å²) < 4.78 is 25.5. The summed E-state index contributed by atoms with van der Waals surface area (Å²) >= 11 is 0. The van der Waals surface area contributed by atoms with Crippen LogP contribution in [0.5, 0.6) is 5.75 Å². The lowest BCUT2D eigenvalue weighted by atomic mass is 9.89. The molecule has 1 saturated heterocycles. The molecule has 0 spiro atoms. The standard InChI is InChI=1S/C18H23FN4O3/c1-10-9-23(11(2)12-3-5-20-6-4-12)15-8-13(7-14(19)16(15)25-10)17-21-22-18(24)26-17/h7-8,10-12,20H,3-6,9H2,1-2H3,(H,22,24)/t10-,11?/m0/s1. The summed E-state index contributed by atoms with van der Waals surface area (Å²) in [5, 5.41) is 9.41. The Labute approximate surface area is 150 Å². The second-order valence-electron chi connectivity index (χ2n) is 7.13. The van der Waals surface area contributed by atoms with Crippen LogP contribution in [-0.4, -0.2) is 42.0 Å². The molecule has 1 unspecified atom stereocenters. The van der Waals surface area contributed by atoms with E-state index < -0.39 is 11.6 Å². The molecule has 0 amide bonds. The van der Waals surface area contributed by atoms with Crippen LogP contribution in [0.2, 0.25) is 0 Å². The minimum atomic E-state index is -0.664. The number of aromatic nitrogens is 2. The fraction of sp³-hybridized carbons (Fsp3) is 0.556. The van der Waals surface area contributed by atoms with E-state index in [1.54, 1.807) is 6.07 Å². The van der Waals surface area contributed by atoms with Gasteiger partial charge in [-0.3, -0.25) is 0 Å². The molecule has 2 N–H and O–H groups in total. The van der Waals surface area contributed by atoms with E-state index in [1.165, 1.54) is 6.07 Å². The Bertz CT molecular complexity index is 843. The third kappa shape index (κ3) is 3.09. The Kier molecular flexibility index (Phi) is 4.44. The molecule has 0 bridgehead atoms. The number of fused-ring (bicyclic) bond motifs is 1. The average Bonchev–Trinajstić information content (AvgIpc) is 3.08. The zero-order valence-electron chi connectivity index (χ0n) is 14.9. The first-order valence-corrected chi connectivity index (χ1v) is 9.06. The quantitative estimate of drug-likeness (QED) is 0.870. The molecule has 8 heteroatoms. The van der Waals surface area contributed by atoms with Gasteiger partial charge in [0.1, 0.15) is 6.10 Å². The van der Waals surface area contributed by atoms with Crippen LogP contribution in [0.3, 0.4) is 0 Å². The summed E-state index contributed by atoms with van der Waals surface area (Å²) in [5.74, 6) is -0.277. The van der Waals surface area contributed by atoms with E-state index in [2.05, 4.69) is 27.3 Å². The Balaban J connectivity index is 1.74. The van der Waals surface area contributed by atoms with Crippen molar-refractivity contribution in [2.24, 2.45) is 5.92 Å². The van der Waals surface area contributed by atoms with Crippen molar-refractivity contribution in [3.8, 4) is 17.2 Å². The zero-order chi connectivity index (χ0) is 18.3. The molecule has 7 nitrogen and oxygen atoms in total. The number of hydrogen-bond donors (Lipinski definition) is 2. The van der Waals surface area contributed by atoms with Gasteiger partial charge in [-0.1, -0.05) is 0 Å². The van der Waals surface area contributed by atoms with Crippen LogP contribution in [0.1, 0.15) is 26.7 Å². The van der Waals surface area contributed by atoms with Crippen molar-refractivity contribution < 1.29 is 13.5 Å². The van der Waals surface area contributed by atoms with Gasteiger partial charge in [-0.15, -0.1) is 5.10 Å². The molecule has 3 heterocycles. The maximum absolute atomic E-state index is 14.8. The predicted molar refractivity (Wildman–Crippen MR) is 95.0 cm³/mol. The van der Waals surface area contributed by atoms with Gasteiger partial charge in [0.25, 0.3) is 0 Å². The minimum absolute atomic E-state index is 0.0739. The highest BCUT2D eigenvalue weighted by molar-refractivity contribution is 5.70. The summed E-state index contributed by atoms with van der Waals surface area (Å²) in [4.78, 5) is 13.5. The fourth-order valence-electron chi connectivity index (χ4n) is 3.97. The van der Waals surface area contributed by atoms with Crippen molar-refractivity contribution in [2.45, 2.75) is 38.8 Å². The van der Waals surface area contributed by atoms with Crippen LogP contribution in [0.4, 0.5) is 10.1 Å². The van der Waals surface area contributed by atoms with Crippen molar-refractivity contribution in [2.75, 3.05) is 24.5 Å². The third-order valence-corrected chi connectivity index (χ3v) is 5.35. The van der Waals surface area contributed by atoms with E-state index in [4.69, 9.17) is 9.15 Å². The summed E-state index contributed by atoms with van der Waals surface area (Å²) in [5.41, 5.74) is 1.11. The number of anilines is 1. The predicted octanol–water partition coefficient (Wildman–Crippen LogP) is 2.14. The van der Waals surface area contributed by atoms with E-state index >= 15 is 0 Å². The van der Waals surface area contributed by atoms with Gasteiger partial charge in [-0.2, -0.15) is 0 Å². The van der Waals surface area contributed by atoms with E-state index in [0.717, 1.165) is 25.9 Å². The number of ether oxygens (including phenoxy) is 1. The minimum Gasteiger partial charge on any atom is -0.484 e. The summed E-state index contributed by atoms with van der Waals surface area (Å²) in [6.45, 7) is 6.84. The Hall–Kier alpha value is -2.35. The number of rotatable bonds is 3. The van der Waals surface area contributed by atoms with Crippen molar-refractivity contribution in [3.05, 3.63) is 28.5 Å². The molecule has 4 rings (SSSR count). The van der Waals surface area contributed by atoms with E-state index in [9.17, 15) is 9.18 Å². The molecule has 1 aromatic carbocycles. The summed E-state index contributed by atoms with van der Waals surface area (Å²) in [6.07, 6.45) is 2.09. The largest absolute Gasteiger partial charge is 0.484 e. The molecule has 0 saturated carbocycles. The molecule has 0 radical (unpaired) electrons. The van der Waals surface area contributed by atoms with Gasteiger partial charge in [-0.05, 0) is 57.8 Å². The molecule has 2 aliphatic heterocycles. The van der Waals surface area contributed by atoms with Gasteiger partial charge in [-0.25, -0.2) is 14.3 Å². The van der Waals surface area contributed by atoms with Crippen LogP contribution in [0.15, 0.2) is 21.3 Å². The Morgan fingerprint density at radius 3 is 2.81 bits per heavy atom. The van der Waals surface area contributed by atoms with Crippen LogP contribution in [0, 0.1) is 11.7 Å². The highest BCUT2D eigenvalue weighted by atomic mass is 19.1. The van der Waals surface area contributed by atoms with Gasteiger partial charge in [0, 0.05) is 11.6 Å². The average molecular weight is 362 g/mol. The highest BCUT2D eigenvalue weighted by Crippen LogP contribution is 2.41. The van der Waals surface area contributed by atoms with Crippen LogP contribution in [-0.2, 0) is 0 Å². The highest BCUT2D eigenvalue weighted by Gasteiger charge is 2.33. The van der Waals surface area contributed by atoms with Gasteiger partial charge in [0.15, 0.2) is 11.6 Å². The van der Waals surface area contributed by atoms with Gasteiger partial charge >= 0.3 is 5.76 Å². The van der Waals surface area contributed by atoms with Gasteiger partial charge in [0.05, 0.1) is 12.2 Å². The maximum Gasteiger partial charge on any atom is 0.434 e. The lowest BCUT2D eigenvalue weighted by molar-refractivity contribution is 0.189. The van der Waals surface area contributed by atoms with Crippen molar-refractivity contribution in [3.63, 3.8) is 0 Å². The monoisotopic (exact) mass is 362 g/mol. The van der Waals surface area contributed by atoms with Crippen molar-refractivity contribution >= 4 is 5.69 Å². The fourth-order valence-corrected chi connectivity index (χ4v) is 3.97. The number of aromatic amines is 1. The Morgan fingerprint density at radius 2 is 2.12 bits per heavy atom. The number of nitrogens with zero attached hydrogens (tertiary/aromatic N) is 2. The van der Waals surface area contributed by atoms with Crippen molar-refractivity contribution in [1.29, 1.82) is 0 Å². The van der Waals surface area contributed by atoms with Crippen LogP contribution >= 0.6 is 0 Å². The number of piperidine rings is 1. The smallest absolute Gasteiger partial charge is 0.434 e. The number of H-pyrrole nitrogens is 1. The lowest BCUT2D eigenvalue weighted by Crippen LogP contribution is -2.48.